The van der Waals surface area contributed by atoms with Gasteiger partial charge in [0.2, 0.25) is 0 Å². The van der Waals surface area contributed by atoms with Crippen LogP contribution < -0.4 is 0 Å². The molecule has 0 saturated carbocycles. The molecule has 3 fully saturated rings. The maximum absolute atomic E-state index is 14.4. The number of aliphatic hydroxyl groups excluding tert-OH is 1. The Bertz CT molecular complexity index is 1840. The molecule has 3 saturated heterocycles. The number of para-hydroxylation sites is 1. The number of Topliss-reactive ketones (excluding diaryl/α,β-unsaturated/α-hetero) is 1. The Kier molecular flexibility index (Phi) is 13.4. The number of benzene rings is 1. The molecule has 0 aliphatic carbocycles. The van der Waals surface area contributed by atoms with Gasteiger partial charge in [0.25, 0.3) is 0 Å². The van der Waals surface area contributed by atoms with E-state index in [1.807, 2.05) is 63.8 Å². The highest BCUT2D eigenvalue weighted by molar-refractivity contribution is 6.00. The quantitative estimate of drug-likeness (QED) is 0.254. The van der Waals surface area contributed by atoms with E-state index in [-0.39, 0.29) is 30.7 Å². The van der Waals surface area contributed by atoms with Gasteiger partial charge in [-0.25, -0.2) is 9.80 Å². The lowest BCUT2D eigenvalue weighted by atomic mass is 9.73. The first-order valence-corrected chi connectivity index (χ1v) is 21.0. The summed E-state index contributed by atoms with van der Waals surface area (Å²) in [6.07, 6.45) is -0.0635. The van der Waals surface area contributed by atoms with E-state index in [4.69, 9.17) is 28.7 Å². The topological polar surface area (TPSA) is 153 Å². The summed E-state index contributed by atoms with van der Waals surface area (Å²) in [4.78, 5) is 54.5. The third-order valence-corrected chi connectivity index (χ3v) is 13.4. The number of pyridine rings is 1. The molecule has 4 aliphatic rings. The van der Waals surface area contributed by atoms with E-state index in [2.05, 4.69) is 37.0 Å². The molecule has 2 aromatic rings. The number of rotatable bonds is 9. The zero-order valence-corrected chi connectivity index (χ0v) is 36.2. The predicted molar refractivity (Wildman–Crippen MR) is 219 cm³/mol. The van der Waals surface area contributed by atoms with Crippen molar-refractivity contribution in [2.75, 3.05) is 34.4 Å². The lowest BCUT2D eigenvalue weighted by Crippen LogP contribution is -2.61. The molecular weight excluding hydrogens is 743 g/mol. The van der Waals surface area contributed by atoms with Gasteiger partial charge in [0, 0.05) is 48.8 Å². The highest BCUT2D eigenvalue weighted by Crippen LogP contribution is 2.45. The lowest BCUT2D eigenvalue weighted by molar-refractivity contribution is -0.295. The molecule has 1 N–H and O–H groups in total. The van der Waals surface area contributed by atoms with Gasteiger partial charge in [0.15, 0.2) is 17.7 Å². The van der Waals surface area contributed by atoms with Gasteiger partial charge in [-0.2, -0.15) is 5.01 Å². The second-order valence-corrected chi connectivity index (χ2v) is 17.7. The van der Waals surface area contributed by atoms with Crippen LogP contribution in [0.1, 0.15) is 86.6 Å². The minimum absolute atomic E-state index is 0.206. The number of carbonyl (C=O) groups is 3. The van der Waals surface area contributed by atoms with Crippen LogP contribution in [0, 0.1) is 23.7 Å². The molecular formula is C44H65N5O9. The third kappa shape index (κ3) is 8.29. The number of hydrogen-bond donors (Lipinski definition) is 1. The van der Waals surface area contributed by atoms with Crippen molar-refractivity contribution in [2.24, 2.45) is 28.7 Å². The van der Waals surface area contributed by atoms with Crippen molar-refractivity contribution in [1.29, 1.82) is 0 Å². The number of aromatic nitrogens is 1. The lowest BCUT2D eigenvalue weighted by Gasteiger charge is -2.47. The molecule has 2 bridgehead atoms. The second kappa shape index (κ2) is 17.6. The normalized spacial score (nSPS) is 37.9. The molecule has 1 aromatic carbocycles. The molecule has 5 heterocycles. The smallest absolute Gasteiger partial charge is 0.425 e. The standard InChI is InChI=1S/C44H65N5O9/c1-12-33-44(8)38-27(4)34(46-24-48(49(38)42(53)58-44)21-15-19-31-17-13-16-30-18-14-20-45-35(30)31)25(2)23-43(7,54-11)39(28(5)36(50)29(6)40(52)56-33)57-41-37(51)32(47(9)10)22-26(3)55-41/h13-14,16-18,20,25-29,32-33,37-39,41,51H,12,15,19,21-24H2,1-11H3/t25-,26-,27-,28+,29?,32+,33+,37-,38-,39-,41+,43+,44-/m1/s1. The summed E-state index contributed by atoms with van der Waals surface area (Å²) in [6, 6.07) is 9.33. The summed E-state index contributed by atoms with van der Waals surface area (Å²) >= 11 is 0. The number of ether oxygens (including phenoxy) is 5. The van der Waals surface area contributed by atoms with Crippen LogP contribution in [0.4, 0.5) is 4.79 Å². The number of methoxy groups -OCH3 is 1. The first-order valence-electron chi connectivity index (χ1n) is 21.0. The van der Waals surface area contributed by atoms with E-state index in [1.54, 1.807) is 32.2 Å². The molecule has 13 atom stereocenters. The fraction of sp³-hybridized carbons (Fsp3) is 0.705. The van der Waals surface area contributed by atoms with Gasteiger partial charge in [-0.3, -0.25) is 19.6 Å². The molecule has 320 valence electrons. The third-order valence-electron chi connectivity index (χ3n) is 13.4. The van der Waals surface area contributed by atoms with Gasteiger partial charge < -0.3 is 33.7 Å². The second-order valence-electron chi connectivity index (χ2n) is 17.7. The number of aryl methyl sites for hydroxylation is 1. The molecule has 1 amide bonds. The van der Waals surface area contributed by atoms with E-state index in [9.17, 15) is 19.5 Å². The Hall–Kier alpha value is -3.53. The molecule has 1 aromatic heterocycles. The van der Waals surface area contributed by atoms with Gasteiger partial charge in [-0.15, -0.1) is 0 Å². The maximum Gasteiger partial charge on any atom is 0.425 e. The van der Waals surface area contributed by atoms with Crippen LogP contribution in [0.15, 0.2) is 41.5 Å². The number of hydrogen-bond acceptors (Lipinski definition) is 13. The zero-order valence-electron chi connectivity index (χ0n) is 36.2. The molecule has 0 spiro atoms. The monoisotopic (exact) mass is 807 g/mol. The highest BCUT2D eigenvalue weighted by atomic mass is 16.7. The maximum atomic E-state index is 14.4. The van der Waals surface area contributed by atoms with Crippen molar-refractivity contribution in [3.63, 3.8) is 0 Å². The Morgan fingerprint density at radius 1 is 1.03 bits per heavy atom. The fourth-order valence-electron chi connectivity index (χ4n) is 10.2. The Labute approximate surface area is 343 Å². The number of nitrogens with zero attached hydrogens (tertiary/aromatic N) is 5. The number of carbonyl (C=O) groups excluding carboxylic acids is 3. The molecule has 58 heavy (non-hydrogen) atoms. The number of aliphatic imine (C=N–C) groups is 1. The van der Waals surface area contributed by atoms with Gasteiger partial charge in [0.1, 0.15) is 30.8 Å². The number of aliphatic hydroxyl groups is 1. The SMILES string of the molecule is CC[C@@H]1OC(=O)C(C)C(=O)[C@H](C)[C@@H](O[C@@H]2O[C@H](C)C[C@H](N(C)C)[C@H]2O)[C@@](C)(OC)C[C@@H](C)C2=NCN(CCCc3cccc4cccnc34)N3C(=O)O[C@@]1(C)[C@H]3[C@@H]2C. The summed E-state index contributed by atoms with van der Waals surface area (Å²) in [6.45, 7) is 15.7. The number of esters is 1. The number of fused-ring (bicyclic) bond motifs is 2. The van der Waals surface area contributed by atoms with Crippen molar-refractivity contribution < 1.29 is 43.2 Å². The summed E-state index contributed by atoms with van der Waals surface area (Å²) in [5, 5.41) is 16.3. The van der Waals surface area contributed by atoms with Crippen LogP contribution in [-0.4, -0.2) is 137 Å². The molecule has 6 rings (SSSR count). The molecule has 1 unspecified atom stereocenters. The van der Waals surface area contributed by atoms with E-state index >= 15 is 0 Å². The van der Waals surface area contributed by atoms with Crippen molar-refractivity contribution in [1.82, 2.24) is 19.9 Å². The Morgan fingerprint density at radius 3 is 2.45 bits per heavy atom. The summed E-state index contributed by atoms with van der Waals surface area (Å²) in [7, 11) is 5.40. The average Bonchev–Trinajstić information content (AvgIpc) is 3.37. The van der Waals surface area contributed by atoms with Gasteiger partial charge in [-0.05, 0) is 91.4 Å². The van der Waals surface area contributed by atoms with Crippen molar-refractivity contribution in [3.05, 3.63) is 42.1 Å². The van der Waals surface area contributed by atoms with Crippen LogP contribution in [0.2, 0.25) is 0 Å². The van der Waals surface area contributed by atoms with E-state index < -0.39 is 71.5 Å². The Balaban J connectivity index is 1.38. The van der Waals surface area contributed by atoms with Gasteiger partial charge in [0.05, 0.1) is 23.3 Å². The minimum Gasteiger partial charge on any atom is -0.458 e. The van der Waals surface area contributed by atoms with Crippen molar-refractivity contribution in [2.45, 2.75) is 141 Å². The van der Waals surface area contributed by atoms with Crippen molar-refractivity contribution >= 4 is 34.5 Å². The van der Waals surface area contributed by atoms with Gasteiger partial charge >= 0.3 is 12.1 Å². The van der Waals surface area contributed by atoms with Gasteiger partial charge in [-0.1, -0.05) is 52.0 Å². The molecule has 14 nitrogen and oxygen atoms in total. The highest BCUT2D eigenvalue weighted by Gasteiger charge is 2.62. The predicted octanol–water partition coefficient (Wildman–Crippen LogP) is 5.43. The Morgan fingerprint density at radius 2 is 1.76 bits per heavy atom. The largest absolute Gasteiger partial charge is 0.458 e. The number of ketones is 1. The van der Waals surface area contributed by atoms with E-state index in [0.717, 1.165) is 28.6 Å². The van der Waals surface area contributed by atoms with Crippen molar-refractivity contribution in [3.8, 4) is 0 Å². The van der Waals surface area contributed by atoms with E-state index in [0.29, 0.717) is 32.2 Å². The fourth-order valence-corrected chi connectivity index (χ4v) is 10.2. The first kappa shape index (κ1) is 44.0. The first-order chi connectivity index (χ1) is 27.4. The summed E-state index contributed by atoms with van der Waals surface area (Å²) in [5.41, 5.74) is 0.535. The summed E-state index contributed by atoms with van der Waals surface area (Å²) < 4.78 is 31.9. The average molecular weight is 808 g/mol. The zero-order chi connectivity index (χ0) is 42.3. The van der Waals surface area contributed by atoms with Crippen LogP contribution in [0.25, 0.3) is 10.9 Å². The van der Waals surface area contributed by atoms with Crippen LogP contribution in [-0.2, 0) is 39.7 Å². The number of amides is 1. The molecule has 4 aliphatic heterocycles. The number of cyclic esters (lactones) is 1. The van der Waals surface area contributed by atoms with Crippen LogP contribution in [0.3, 0.4) is 0 Å². The molecule has 14 heteroatoms. The van der Waals surface area contributed by atoms with Crippen LogP contribution >= 0.6 is 0 Å². The molecule has 0 radical (unpaired) electrons. The summed E-state index contributed by atoms with van der Waals surface area (Å²) in [5.74, 6) is -3.73. The van der Waals surface area contributed by atoms with Crippen LogP contribution in [0.5, 0.6) is 0 Å². The number of hydrazine groups is 1. The van der Waals surface area contributed by atoms with E-state index in [1.165, 1.54) is 0 Å². The number of likely N-dealkylation sites (N-methyl/N-ethyl adjacent to an activating group) is 1. The minimum atomic E-state index is -1.27.